The molecular weight excluding hydrogens is 362 g/mol. The van der Waals surface area contributed by atoms with Gasteiger partial charge >= 0.3 is 0 Å². The van der Waals surface area contributed by atoms with Crippen molar-refractivity contribution in [2.75, 3.05) is 18.9 Å². The summed E-state index contributed by atoms with van der Waals surface area (Å²) >= 11 is 1.43. The molecule has 1 atom stereocenters. The number of sulfonamides is 1. The Morgan fingerprint density at radius 2 is 2.04 bits per heavy atom. The largest absolute Gasteiger partial charge is 0.548 e. The highest BCUT2D eigenvalue weighted by Crippen LogP contribution is 2.38. The van der Waals surface area contributed by atoms with Gasteiger partial charge in [0.15, 0.2) is 0 Å². The second-order valence-corrected chi connectivity index (χ2v) is 9.62. The van der Waals surface area contributed by atoms with Gasteiger partial charge in [-0.05, 0) is 45.0 Å². The Kier molecular flexibility index (Phi) is 6.03. The van der Waals surface area contributed by atoms with Crippen LogP contribution >= 0.6 is 11.8 Å². The van der Waals surface area contributed by atoms with E-state index in [1.165, 1.54) is 36.0 Å². The van der Waals surface area contributed by atoms with Crippen molar-refractivity contribution in [1.82, 2.24) is 4.31 Å². The maximum Gasteiger partial charge on any atom is 0.243 e. The topological polar surface area (TPSA) is 86.7 Å². The predicted octanol–water partition coefficient (Wildman–Crippen LogP) is 0.723. The Morgan fingerprint density at radius 3 is 2.60 bits per heavy atom. The molecule has 2 rings (SSSR count). The molecule has 25 heavy (non-hydrogen) atoms. The molecule has 1 unspecified atom stereocenters. The first-order valence-electron chi connectivity index (χ1n) is 7.69. The molecule has 0 aromatic heterocycles. The third-order valence-corrected chi connectivity index (χ3v) is 7.11. The van der Waals surface area contributed by atoms with E-state index in [2.05, 4.69) is 11.8 Å². The van der Waals surface area contributed by atoms with Gasteiger partial charge in [-0.25, -0.2) is 8.42 Å². The average molecular weight is 382 g/mol. The van der Waals surface area contributed by atoms with Crippen molar-refractivity contribution >= 4 is 27.8 Å². The zero-order valence-corrected chi connectivity index (χ0v) is 15.9. The normalized spacial score (nSPS) is 20.4. The van der Waals surface area contributed by atoms with Crippen LogP contribution in [0.5, 0.6) is 5.75 Å². The van der Waals surface area contributed by atoms with Gasteiger partial charge in [-0.15, -0.1) is 5.92 Å². The van der Waals surface area contributed by atoms with Gasteiger partial charge < -0.3 is 14.6 Å². The van der Waals surface area contributed by atoms with Gasteiger partial charge in [0, 0.05) is 17.0 Å². The molecule has 1 fully saturated rings. The molecule has 8 heteroatoms. The Balaban J connectivity index is 2.30. The Bertz CT molecular complexity index is 791. The first-order chi connectivity index (χ1) is 11.7. The maximum absolute atomic E-state index is 12.9. The van der Waals surface area contributed by atoms with Gasteiger partial charge in [0.05, 0.1) is 16.9 Å². The molecule has 1 aromatic rings. The van der Waals surface area contributed by atoms with Crippen LogP contribution in [0.25, 0.3) is 0 Å². The van der Waals surface area contributed by atoms with Crippen molar-refractivity contribution in [1.29, 1.82) is 0 Å². The van der Waals surface area contributed by atoms with E-state index < -0.39 is 26.8 Å². The number of thioether (sulfide) groups is 1. The number of carbonyl (C=O) groups excluding carboxylic acids is 1. The summed E-state index contributed by atoms with van der Waals surface area (Å²) in [6, 6.07) is 4.65. The fourth-order valence-corrected chi connectivity index (χ4v) is 5.74. The van der Waals surface area contributed by atoms with E-state index in [-0.39, 0.29) is 18.0 Å². The van der Waals surface area contributed by atoms with Crippen LogP contribution < -0.4 is 9.84 Å². The number of carbonyl (C=O) groups is 1. The summed E-state index contributed by atoms with van der Waals surface area (Å²) < 4.78 is 31.5. The van der Waals surface area contributed by atoms with E-state index >= 15 is 0 Å². The fourth-order valence-electron chi connectivity index (χ4n) is 2.65. The second-order valence-electron chi connectivity index (χ2n) is 5.98. The molecule has 1 aliphatic heterocycles. The summed E-state index contributed by atoms with van der Waals surface area (Å²) in [4.78, 5) is 11.6. The van der Waals surface area contributed by atoms with Gasteiger partial charge in [0.2, 0.25) is 10.0 Å². The molecule has 1 aliphatic rings. The lowest BCUT2D eigenvalue weighted by atomic mass is 10.0. The minimum absolute atomic E-state index is 0.0235. The Hall–Kier alpha value is -1.69. The minimum atomic E-state index is -3.95. The van der Waals surface area contributed by atoms with Crippen molar-refractivity contribution in [2.24, 2.45) is 0 Å². The van der Waals surface area contributed by atoms with Crippen LogP contribution in [-0.2, 0) is 14.8 Å². The number of carboxylic acids is 1. The van der Waals surface area contributed by atoms with Crippen molar-refractivity contribution in [3.8, 4) is 17.6 Å². The lowest BCUT2D eigenvalue weighted by molar-refractivity contribution is -0.311. The first-order valence-corrected chi connectivity index (χ1v) is 10.1. The second kappa shape index (κ2) is 7.68. The molecule has 0 bridgehead atoms. The van der Waals surface area contributed by atoms with Crippen molar-refractivity contribution < 1.29 is 23.1 Å². The van der Waals surface area contributed by atoms with E-state index in [0.29, 0.717) is 11.5 Å². The van der Waals surface area contributed by atoms with E-state index in [1.54, 1.807) is 20.8 Å². The summed E-state index contributed by atoms with van der Waals surface area (Å²) in [5.41, 5.74) is 0. The van der Waals surface area contributed by atoms with Gasteiger partial charge in [-0.2, -0.15) is 16.1 Å². The van der Waals surface area contributed by atoms with E-state index in [9.17, 15) is 18.3 Å². The molecule has 0 spiro atoms. The monoisotopic (exact) mass is 382 g/mol. The molecule has 0 saturated carbocycles. The van der Waals surface area contributed by atoms with Crippen LogP contribution in [0.15, 0.2) is 29.2 Å². The van der Waals surface area contributed by atoms with E-state index in [0.717, 1.165) is 4.31 Å². The quantitative estimate of drug-likeness (QED) is 0.698. The first kappa shape index (κ1) is 19.6. The average Bonchev–Trinajstić information content (AvgIpc) is 2.54. The zero-order chi connectivity index (χ0) is 18.7. The fraction of sp³-hybridized carbons (Fsp3) is 0.471. The van der Waals surface area contributed by atoms with Gasteiger partial charge in [0.1, 0.15) is 12.4 Å². The lowest BCUT2D eigenvalue weighted by Gasteiger charge is -2.45. The molecule has 6 nitrogen and oxygen atoms in total. The van der Waals surface area contributed by atoms with Crippen molar-refractivity contribution in [3.63, 3.8) is 0 Å². The van der Waals surface area contributed by atoms with Crippen LogP contribution in [-0.4, -0.2) is 48.4 Å². The summed E-state index contributed by atoms with van der Waals surface area (Å²) in [5, 5.41) is 11.6. The standard InChI is InChI=1S/C17H21NO5S2/c1-4-5-11-23-13-6-8-14(9-7-13)25(21,22)18-10-12-24-17(2,3)15(18)16(19)20/h6-9,15H,10-12H2,1-3H3,(H,19,20)/p-1. The van der Waals surface area contributed by atoms with E-state index in [4.69, 9.17) is 4.74 Å². The highest BCUT2D eigenvalue weighted by molar-refractivity contribution is 8.00. The summed E-state index contributed by atoms with van der Waals surface area (Å²) in [5.74, 6) is 5.07. The van der Waals surface area contributed by atoms with Crippen LogP contribution in [0.3, 0.4) is 0 Å². The van der Waals surface area contributed by atoms with Crippen LogP contribution in [0.2, 0.25) is 0 Å². The highest BCUT2D eigenvalue weighted by Gasteiger charge is 2.44. The molecule has 0 amide bonds. The summed E-state index contributed by atoms with van der Waals surface area (Å²) in [6.07, 6.45) is 0. The van der Waals surface area contributed by atoms with Crippen LogP contribution in [0.1, 0.15) is 20.8 Å². The van der Waals surface area contributed by atoms with Crippen molar-refractivity contribution in [2.45, 2.75) is 36.5 Å². The zero-order valence-electron chi connectivity index (χ0n) is 14.3. The van der Waals surface area contributed by atoms with Crippen molar-refractivity contribution in [3.05, 3.63) is 24.3 Å². The van der Waals surface area contributed by atoms with Gasteiger partial charge in [-0.1, -0.05) is 5.92 Å². The SMILES string of the molecule is CC#CCOc1ccc(S(=O)(=O)N2CCSC(C)(C)C2C(=O)[O-])cc1. The Morgan fingerprint density at radius 1 is 1.40 bits per heavy atom. The number of carboxylic acid groups (broad SMARTS) is 1. The number of hydrogen-bond acceptors (Lipinski definition) is 6. The number of ether oxygens (including phenoxy) is 1. The molecule has 1 saturated heterocycles. The van der Waals surface area contributed by atoms with Gasteiger partial charge in [-0.3, -0.25) is 0 Å². The van der Waals surface area contributed by atoms with E-state index in [1.807, 2.05) is 0 Å². The van der Waals surface area contributed by atoms with Crippen LogP contribution in [0.4, 0.5) is 0 Å². The highest BCUT2D eigenvalue weighted by atomic mass is 32.2. The van der Waals surface area contributed by atoms with Crippen LogP contribution in [0, 0.1) is 11.8 Å². The third kappa shape index (κ3) is 4.29. The smallest absolute Gasteiger partial charge is 0.243 e. The molecule has 0 aliphatic carbocycles. The number of aliphatic carboxylic acids is 1. The molecule has 136 valence electrons. The summed E-state index contributed by atoms with van der Waals surface area (Å²) in [7, 11) is -3.95. The summed E-state index contributed by atoms with van der Waals surface area (Å²) in [6.45, 7) is 5.47. The molecule has 0 radical (unpaired) electrons. The number of nitrogens with zero attached hydrogens (tertiary/aromatic N) is 1. The lowest BCUT2D eigenvalue weighted by Crippen LogP contribution is -2.62. The molecule has 1 aromatic carbocycles. The Labute approximate surface area is 152 Å². The molecular formula is C17H20NO5S2-. The molecule has 1 heterocycles. The number of hydrogen-bond donors (Lipinski definition) is 0. The molecule has 0 N–H and O–H groups in total. The number of rotatable bonds is 5. The number of benzene rings is 1. The maximum atomic E-state index is 12.9. The minimum Gasteiger partial charge on any atom is -0.548 e. The van der Waals surface area contributed by atoms with Gasteiger partial charge in [0.25, 0.3) is 0 Å². The third-order valence-electron chi connectivity index (χ3n) is 3.87. The predicted molar refractivity (Wildman–Crippen MR) is 94.6 cm³/mol.